The summed E-state index contributed by atoms with van der Waals surface area (Å²) in [4.78, 5) is 18.3. The Bertz CT molecular complexity index is 1210. The summed E-state index contributed by atoms with van der Waals surface area (Å²) in [6.45, 7) is 5.46. The number of anilines is 1. The average molecular weight is 428 g/mol. The van der Waals surface area contributed by atoms with Crippen LogP contribution in [-0.4, -0.2) is 33.2 Å². The number of pyridine rings is 1. The molecule has 2 aromatic carbocycles. The summed E-state index contributed by atoms with van der Waals surface area (Å²) in [5, 5.41) is 11.9. The van der Waals surface area contributed by atoms with Crippen LogP contribution in [0.25, 0.3) is 10.8 Å². The molecule has 164 valence electrons. The van der Waals surface area contributed by atoms with Crippen LogP contribution in [0.5, 0.6) is 0 Å². The fourth-order valence-electron chi connectivity index (χ4n) is 3.82. The van der Waals surface area contributed by atoms with Crippen LogP contribution in [-0.2, 0) is 13.0 Å². The summed E-state index contributed by atoms with van der Waals surface area (Å²) < 4.78 is 0. The van der Waals surface area contributed by atoms with E-state index in [0.29, 0.717) is 11.4 Å². The Hall–Kier alpha value is -3.51. The van der Waals surface area contributed by atoms with E-state index in [9.17, 15) is 4.79 Å². The molecule has 6 nitrogen and oxygen atoms in total. The average Bonchev–Trinajstić information content (AvgIpc) is 2.83. The summed E-state index contributed by atoms with van der Waals surface area (Å²) >= 11 is 0. The van der Waals surface area contributed by atoms with Gasteiger partial charge in [0.05, 0.1) is 17.1 Å². The minimum absolute atomic E-state index is 0.125. The lowest BCUT2D eigenvalue weighted by molar-refractivity contribution is 0.266. The quantitative estimate of drug-likeness (QED) is 0.500. The molecular formula is C26H29N5O. The Morgan fingerprint density at radius 1 is 1.06 bits per heavy atom. The molecule has 0 amide bonds. The zero-order chi connectivity index (χ0) is 22.5. The van der Waals surface area contributed by atoms with E-state index in [4.69, 9.17) is 0 Å². The standard InChI is InChI=1S/C15H12N4O.C11H17N/c20-15-10-4-1-5-11-14(10)13(18-19-15)7-12(17-11)9-3-2-6-16-8-9;1-10(2)12(3)9-11-7-5-4-6-8-11/h1-6,8,12,17H,7H2,(H,19,20);4-8,10H,9H2,1-3H3. The van der Waals surface area contributed by atoms with Gasteiger partial charge in [-0.05, 0) is 50.2 Å². The van der Waals surface area contributed by atoms with Gasteiger partial charge in [0.2, 0.25) is 0 Å². The number of H-pyrrole nitrogens is 1. The first kappa shape index (κ1) is 21.7. The lowest BCUT2D eigenvalue weighted by Crippen LogP contribution is -2.25. The van der Waals surface area contributed by atoms with Gasteiger partial charge in [-0.3, -0.25) is 14.7 Å². The Morgan fingerprint density at radius 2 is 1.88 bits per heavy atom. The van der Waals surface area contributed by atoms with E-state index in [0.717, 1.165) is 35.3 Å². The normalized spacial score (nSPS) is 14.7. The second kappa shape index (κ2) is 9.75. The fraction of sp³-hybridized carbons (Fsp3) is 0.269. The largest absolute Gasteiger partial charge is 0.377 e. The van der Waals surface area contributed by atoms with Crippen LogP contribution in [0, 0.1) is 0 Å². The van der Waals surface area contributed by atoms with Crippen molar-refractivity contribution in [3.63, 3.8) is 0 Å². The van der Waals surface area contributed by atoms with Gasteiger partial charge < -0.3 is 5.32 Å². The van der Waals surface area contributed by atoms with Crippen molar-refractivity contribution in [1.29, 1.82) is 0 Å². The summed E-state index contributed by atoms with van der Waals surface area (Å²) in [6, 6.07) is 21.0. The molecule has 32 heavy (non-hydrogen) atoms. The predicted octanol–water partition coefficient (Wildman–Crippen LogP) is 4.55. The maximum absolute atomic E-state index is 11.8. The smallest absolute Gasteiger partial charge is 0.272 e. The summed E-state index contributed by atoms with van der Waals surface area (Å²) in [6.07, 6.45) is 4.35. The monoisotopic (exact) mass is 427 g/mol. The summed E-state index contributed by atoms with van der Waals surface area (Å²) in [5.41, 5.74) is 4.23. The maximum Gasteiger partial charge on any atom is 0.272 e. The molecule has 1 unspecified atom stereocenters. The zero-order valence-corrected chi connectivity index (χ0v) is 18.7. The Labute approximate surface area is 188 Å². The maximum atomic E-state index is 11.8. The number of rotatable bonds is 4. The minimum atomic E-state index is -0.146. The van der Waals surface area contributed by atoms with Crippen LogP contribution in [0.3, 0.4) is 0 Å². The van der Waals surface area contributed by atoms with Crippen LogP contribution in [0.2, 0.25) is 0 Å². The number of nitrogens with zero attached hydrogens (tertiary/aromatic N) is 3. The number of hydrogen-bond acceptors (Lipinski definition) is 5. The molecule has 0 fully saturated rings. The third-order valence-electron chi connectivity index (χ3n) is 5.86. The van der Waals surface area contributed by atoms with Crippen LogP contribution in [0.15, 0.2) is 77.9 Å². The van der Waals surface area contributed by atoms with E-state index < -0.39 is 0 Å². The number of aromatic nitrogens is 3. The van der Waals surface area contributed by atoms with Crippen molar-refractivity contribution in [1.82, 2.24) is 20.1 Å². The van der Waals surface area contributed by atoms with Gasteiger partial charge in [0.25, 0.3) is 5.56 Å². The van der Waals surface area contributed by atoms with Crippen LogP contribution in [0.4, 0.5) is 5.69 Å². The van der Waals surface area contributed by atoms with E-state index in [1.165, 1.54) is 5.56 Å². The molecule has 3 heterocycles. The molecule has 0 spiro atoms. The first-order valence-electron chi connectivity index (χ1n) is 10.9. The first-order valence-corrected chi connectivity index (χ1v) is 10.9. The highest BCUT2D eigenvalue weighted by Gasteiger charge is 2.23. The highest BCUT2D eigenvalue weighted by molar-refractivity contribution is 5.96. The molecule has 5 rings (SSSR count). The summed E-state index contributed by atoms with van der Waals surface area (Å²) in [5.74, 6) is 0. The molecule has 1 aliphatic heterocycles. The molecule has 0 saturated carbocycles. The molecule has 1 aliphatic rings. The molecule has 0 saturated heterocycles. The van der Waals surface area contributed by atoms with Crippen LogP contribution < -0.4 is 10.9 Å². The molecule has 0 radical (unpaired) electrons. The second-order valence-electron chi connectivity index (χ2n) is 8.41. The van der Waals surface area contributed by atoms with Crippen molar-refractivity contribution in [2.45, 2.75) is 38.9 Å². The zero-order valence-electron chi connectivity index (χ0n) is 18.7. The van der Waals surface area contributed by atoms with Gasteiger partial charge in [-0.2, -0.15) is 5.10 Å². The third-order valence-corrected chi connectivity index (χ3v) is 5.86. The van der Waals surface area contributed by atoms with Gasteiger partial charge in [-0.15, -0.1) is 0 Å². The van der Waals surface area contributed by atoms with Crippen LogP contribution >= 0.6 is 0 Å². The van der Waals surface area contributed by atoms with Crippen molar-refractivity contribution in [2.75, 3.05) is 12.4 Å². The highest BCUT2D eigenvalue weighted by atomic mass is 16.1. The van der Waals surface area contributed by atoms with Crippen molar-refractivity contribution < 1.29 is 0 Å². The molecule has 0 aliphatic carbocycles. The fourth-order valence-corrected chi connectivity index (χ4v) is 3.82. The van der Waals surface area contributed by atoms with E-state index in [2.05, 4.69) is 76.6 Å². The Morgan fingerprint density at radius 3 is 2.59 bits per heavy atom. The van der Waals surface area contributed by atoms with Crippen molar-refractivity contribution in [3.05, 3.63) is 100 Å². The van der Waals surface area contributed by atoms with E-state index in [-0.39, 0.29) is 11.6 Å². The topological polar surface area (TPSA) is 73.9 Å². The first-order chi connectivity index (χ1) is 15.5. The van der Waals surface area contributed by atoms with Crippen molar-refractivity contribution in [3.8, 4) is 0 Å². The molecule has 2 aromatic heterocycles. The number of nitrogens with one attached hydrogen (secondary N) is 2. The van der Waals surface area contributed by atoms with Crippen LogP contribution in [0.1, 0.15) is 36.7 Å². The lowest BCUT2D eigenvalue weighted by atomic mass is 9.95. The predicted molar refractivity (Wildman–Crippen MR) is 130 cm³/mol. The van der Waals surface area contributed by atoms with Gasteiger partial charge in [-0.1, -0.05) is 42.5 Å². The van der Waals surface area contributed by atoms with E-state index in [1.807, 2.05) is 36.5 Å². The van der Waals surface area contributed by atoms with Gasteiger partial charge in [0.15, 0.2) is 0 Å². The number of benzene rings is 2. The SMILES string of the molecule is CC(C)N(C)Cc1ccccc1.O=c1[nH]nc2c3c(cccc13)NC(c1cccnc1)C2. The molecule has 6 heteroatoms. The summed E-state index contributed by atoms with van der Waals surface area (Å²) in [7, 11) is 2.15. The van der Waals surface area contributed by atoms with Crippen molar-refractivity contribution >= 4 is 16.5 Å². The van der Waals surface area contributed by atoms with E-state index in [1.54, 1.807) is 6.20 Å². The number of aromatic amines is 1. The van der Waals surface area contributed by atoms with Gasteiger partial charge in [-0.25, -0.2) is 5.10 Å². The number of hydrogen-bond donors (Lipinski definition) is 2. The van der Waals surface area contributed by atoms with Gasteiger partial charge in [0, 0.05) is 42.5 Å². The third kappa shape index (κ3) is 4.86. The highest BCUT2D eigenvalue weighted by Crippen LogP contribution is 2.34. The van der Waals surface area contributed by atoms with Gasteiger partial charge >= 0.3 is 0 Å². The molecule has 0 bridgehead atoms. The molecule has 1 atom stereocenters. The minimum Gasteiger partial charge on any atom is -0.377 e. The lowest BCUT2D eigenvalue weighted by Gasteiger charge is -2.26. The van der Waals surface area contributed by atoms with E-state index >= 15 is 0 Å². The van der Waals surface area contributed by atoms with Crippen molar-refractivity contribution in [2.24, 2.45) is 0 Å². The molecule has 2 N–H and O–H groups in total. The molecular weight excluding hydrogens is 398 g/mol. The Kier molecular flexibility index (Phi) is 6.61. The molecule has 4 aromatic rings. The second-order valence-corrected chi connectivity index (χ2v) is 8.41. The Balaban J connectivity index is 0.000000176. The van der Waals surface area contributed by atoms with Gasteiger partial charge in [0.1, 0.15) is 0 Å².